The first kappa shape index (κ1) is 12.0. The number of hydrogen-bond donors (Lipinski definition) is 1. The van der Waals surface area contributed by atoms with Crippen molar-refractivity contribution in [1.82, 2.24) is 5.32 Å². The van der Waals surface area contributed by atoms with Crippen LogP contribution in [0.3, 0.4) is 0 Å². The van der Waals surface area contributed by atoms with Gasteiger partial charge in [-0.3, -0.25) is 0 Å². The van der Waals surface area contributed by atoms with Gasteiger partial charge in [-0.25, -0.2) is 0 Å². The highest BCUT2D eigenvalue weighted by molar-refractivity contribution is 4.81. The standard InChI is InChI=1S/C11H23NO2/c1-9(8-13-3)14-11-7-5-4-6-10(11)12-2/h9-12H,4-8H2,1-3H3. The molecule has 1 saturated carbocycles. The van der Waals surface area contributed by atoms with Crippen LogP contribution in [-0.4, -0.2) is 39.0 Å². The number of rotatable bonds is 5. The van der Waals surface area contributed by atoms with E-state index in [2.05, 4.69) is 12.2 Å². The van der Waals surface area contributed by atoms with Crippen LogP contribution in [0.15, 0.2) is 0 Å². The molecule has 0 bridgehead atoms. The second-order valence-electron chi connectivity index (χ2n) is 4.12. The molecule has 1 fully saturated rings. The fourth-order valence-electron chi connectivity index (χ4n) is 2.16. The lowest BCUT2D eigenvalue weighted by molar-refractivity contribution is -0.0641. The Kier molecular flexibility index (Phi) is 5.45. The fraction of sp³-hybridized carbons (Fsp3) is 1.00. The summed E-state index contributed by atoms with van der Waals surface area (Å²) in [6, 6.07) is 0.531. The van der Waals surface area contributed by atoms with Crippen LogP contribution in [0, 0.1) is 0 Å². The summed E-state index contributed by atoms with van der Waals surface area (Å²) >= 11 is 0. The molecule has 3 atom stereocenters. The molecule has 3 heteroatoms. The van der Waals surface area contributed by atoms with E-state index in [4.69, 9.17) is 9.47 Å². The molecule has 0 spiro atoms. The number of hydrogen-bond acceptors (Lipinski definition) is 3. The third-order valence-electron chi connectivity index (χ3n) is 2.88. The minimum Gasteiger partial charge on any atom is -0.382 e. The monoisotopic (exact) mass is 201 g/mol. The van der Waals surface area contributed by atoms with Crippen molar-refractivity contribution in [3.05, 3.63) is 0 Å². The summed E-state index contributed by atoms with van der Waals surface area (Å²) in [5, 5.41) is 3.34. The topological polar surface area (TPSA) is 30.5 Å². The van der Waals surface area contributed by atoms with E-state index in [-0.39, 0.29) is 6.10 Å². The van der Waals surface area contributed by atoms with Gasteiger partial charge in [-0.15, -0.1) is 0 Å². The Morgan fingerprint density at radius 3 is 2.71 bits per heavy atom. The zero-order valence-electron chi connectivity index (χ0n) is 9.58. The average molecular weight is 201 g/mol. The molecular weight excluding hydrogens is 178 g/mol. The molecule has 1 rings (SSSR count). The minimum absolute atomic E-state index is 0.207. The SMILES string of the molecule is CNC1CCCCC1OC(C)COC. The van der Waals surface area contributed by atoms with Gasteiger partial charge in [0.05, 0.1) is 18.8 Å². The van der Waals surface area contributed by atoms with Crippen molar-refractivity contribution in [3.63, 3.8) is 0 Å². The smallest absolute Gasteiger partial charge is 0.0784 e. The van der Waals surface area contributed by atoms with Gasteiger partial charge in [-0.2, -0.15) is 0 Å². The molecule has 0 amide bonds. The molecule has 0 saturated heterocycles. The van der Waals surface area contributed by atoms with Crippen LogP contribution in [0.4, 0.5) is 0 Å². The van der Waals surface area contributed by atoms with Gasteiger partial charge in [0.1, 0.15) is 0 Å². The molecule has 1 aliphatic carbocycles. The first-order valence-corrected chi connectivity index (χ1v) is 5.59. The Bertz CT molecular complexity index is 152. The van der Waals surface area contributed by atoms with Crippen molar-refractivity contribution in [2.75, 3.05) is 20.8 Å². The minimum atomic E-state index is 0.207. The normalized spacial score (nSPS) is 30.2. The molecule has 0 heterocycles. The summed E-state index contributed by atoms with van der Waals surface area (Å²) in [6.45, 7) is 2.76. The van der Waals surface area contributed by atoms with Gasteiger partial charge in [-0.05, 0) is 26.8 Å². The molecule has 84 valence electrons. The molecule has 0 aromatic heterocycles. The Hall–Kier alpha value is -0.120. The molecular formula is C11H23NO2. The third-order valence-corrected chi connectivity index (χ3v) is 2.88. The molecule has 0 radical (unpaired) electrons. The van der Waals surface area contributed by atoms with Crippen LogP contribution in [0.25, 0.3) is 0 Å². The summed E-state index contributed by atoms with van der Waals surface area (Å²) in [4.78, 5) is 0. The lowest BCUT2D eigenvalue weighted by atomic mass is 9.92. The summed E-state index contributed by atoms with van der Waals surface area (Å²) in [7, 11) is 3.74. The highest BCUT2D eigenvalue weighted by atomic mass is 16.5. The van der Waals surface area contributed by atoms with E-state index >= 15 is 0 Å². The molecule has 1 aliphatic rings. The van der Waals surface area contributed by atoms with Crippen LogP contribution in [0.1, 0.15) is 32.6 Å². The number of ether oxygens (including phenoxy) is 2. The van der Waals surface area contributed by atoms with E-state index in [0.29, 0.717) is 18.8 Å². The van der Waals surface area contributed by atoms with Crippen LogP contribution >= 0.6 is 0 Å². The van der Waals surface area contributed by atoms with Gasteiger partial charge in [0, 0.05) is 13.2 Å². The van der Waals surface area contributed by atoms with Crippen LogP contribution in [-0.2, 0) is 9.47 Å². The van der Waals surface area contributed by atoms with Crippen LogP contribution in [0.5, 0.6) is 0 Å². The van der Waals surface area contributed by atoms with E-state index in [9.17, 15) is 0 Å². The van der Waals surface area contributed by atoms with Crippen molar-refractivity contribution in [3.8, 4) is 0 Å². The zero-order valence-corrected chi connectivity index (χ0v) is 9.58. The van der Waals surface area contributed by atoms with Gasteiger partial charge in [0.15, 0.2) is 0 Å². The second-order valence-corrected chi connectivity index (χ2v) is 4.12. The second kappa shape index (κ2) is 6.38. The predicted octanol–water partition coefficient (Wildman–Crippen LogP) is 1.57. The third kappa shape index (κ3) is 3.56. The highest BCUT2D eigenvalue weighted by Crippen LogP contribution is 2.22. The predicted molar refractivity (Wildman–Crippen MR) is 57.5 cm³/mol. The highest BCUT2D eigenvalue weighted by Gasteiger charge is 2.25. The van der Waals surface area contributed by atoms with Crippen molar-refractivity contribution in [2.45, 2.75) is 50.9 Å². The van der Waals surface area contributed by atoms with Gasteiger partial charge < -0.3 is 14.8 Å². The summed E-state index contributed by atoms with van der Waals surface area (Å²) < 4.78 is 11.0. The quantitative estimate of drug-likeness (QED) is 0.732. The van der Waals surface area contributed by atoms with E-state index in [1.54, 1.807) is 7.11 Å². The Labute approximate surface area is 87.2 Å². The lowest BCUT2D eigenvalue weighted by Gasteiger charge is -2.33. The maximum absolute atomic E-state index is 5.95. The number of likely N-dealkylation sites (N-methyl/N-ethyl adjacent to an activating group) is 1. The molecule has 0 aliphatic heterocycles. The Balaban J connectivity index is 2.32. The summed E-state index contributed by atoms with van der Waals surface area (Å²) in [5.74, 6) is 0. The Morgan fingerprint density at radius 2 is 2.07 bits per heavy atom. The van der Waals surface area contributed by atoms with Gasteiger partial charge in [0.25, 0.3) is 0 Å². The molecule has 0 aromatic rings. The largest absolute Gasteiger partial charge is 0.382 e. The molecule has 0 aromatic carbocycles. The van der Waals surface area contributed by atoms with Crippen LogP contribution in [0.2, 0.25) is 0 Å². The van der Waals surface area contributed by atoms with E-state index < -0.39 is 0 Å². The van der Waals surface area contributed by atoms with E-state index in [1.807, 2.05) is 7.05 Å². The van der Waals surface area contributed by atoms with Crippen molar-refractivity contribution in [2.24, 2.45) is 0 Å². The van der Waals surface area contributed by atoms with Gasteiger partial charge in [0.2, 0.25) is 0 Å². The first-order valence-electron chi connectivity index (χ1n) is 5.59. The fourth-order valence-corrected chi connectivity index (χ4v) is 2.16. The van der Waals surface area contributed by atoms with E-state index in [0.717, 1.165) is 0 Å². The maximum Gasteiger partial charge on any atom is 0.0784 e. The summed E-state index contributed by atoms with van der Waals surface area (Å²) in [5.41, 5.74) is 0. The van der Waals surface area contributed by atoms with Crippen molar-refractivity contribution in [1.29, 1.82) is 0 Å². The van der Waals surface area contributed by atoms with E-state index in [1.165, 1.54) is 25.7 Å². The molecule has 1 N–H and O–H groups in total. The van der Waals surface area contributed by atoms with Crippen molar-refractivity contribution < 1.29 is 9.47 Å². The van der Waals surface area contributed by atoms with Gasteiger partial charge >= 0.3 is 0 Å². The number of methoxy groups -OCH3 is 1. The zero-order chi connectivity index (χ0) is 10.4. The number of nitrogens with one attached hydrogen (secondary N) is 1. The maximum atomic E-state index is 5.95. The molecule has 3 unspecified atom stereocenters. The average Bonchev–Trinajstić information content (AvgIpc) is 2.19. The molecule has 3 nitrogen and oxygen atoms in total. The van der Waals surface area contributed by atoms with Crippen LogP contribution < -0.4 is 5.32 Å². The Morgan fingerprint density at radius 1 is 1.36 bits per heavy atom. The first-order chi connectivity index (χ1) is 6.77. The molecule has 14 heavy (non-hydrogen) atoms. The van der Waals surface area contributed by atoms with Crippen molar-refractivity contribution >= 4 is 0 Å². The lowest BCUT2D eigenvalue weighted by Crippen LogP contribution is -2.43. The summed E-state index contributed by atoms with van der Waals surface area (Å²) in [6.07, 6.45) is 5.62. The van der Waals surface area contributed by atoms with Gasteiger partial charge in [-0.1, -0.05) is 12.8 Å².